The number of hydrogen-bond acceptors (Lipinski definition) is 7. The summed E-state index contributed by atoms with van der Waals surface area (Å²) in [4.78, 5) is 41.2. The Morgan fingerprint density at radius 2 is 1.34 bits per heavy atom. The van der Waals surface area contributed by atoms with Gasteiger partial charge < -0.3 is 30.2 Å². The van der Waals surface area contributed by atoms with E-state index >= 15 is 0 Å². The van der Waals surface area contributed by atoms with Crippen LogP contribution in [0.3, 0.4) is 0 Å². The van der Waals surface area contributed by atoms with Crippen molar-refractivity contribution in [1.82, 2.24) is 5.32 Å². The average molecular weight is 688 g/mol. The number of amides is 3. The highest BCUT2D eigenvalue weighted by atomic mass is 32.2. The molecule has 0 aliphatic carbocycles. The number of carbonyl (C=O) groups is 3. The summed E-state index contributed by atoms with van der Waals surface area (Å²) in [5.74, 6) is 0.604. The minimum Gasteiger partial charge on any atom is -0.497 e. The number of hydrogen-bond donors (Lipinski definition) is 3. The number of ether oxygens (including phenoxy) is 3. The second-order valence-corrected chi connectivity index (χ2v) is 12.0. The van der Waals surface area contributed by atoms with Crippen LogP contribution in [-0.4, -0.2) is 38.5 Å². The van der Waals surface area contributed by atoms with E-state index in [9.17, 15) is 14.4 Å². The molecule has 0 heterocycles. The van der Waals surface area contributed by atoms with Gasteiger partial charge in [-0.05, 0) is 97.4 Å². The lowest BCUT2D eigenvalue weighted by molar-refractivity contribution is -0.116. The Bertz CT molecular complexity index is 1930. The molecule has 5 aromatic carbocycles. The molecule has 0 spiro atoms. The summed E-state index contributed by atoms with van der Waals surface area (Å²) in [5.41, 5.74) is 2.92. The molecule has 10 heteroatoms. The molecule has 0 radical (unpaired) electrons. The maximum atomic E-state index is 13.7. The standard InChI is InChI=1S/C40H37N3O6S/c1-4-49-32-19-15-30(16-20-32)42-40(46)37(27-11-7-5-8-12-27)50-34-22-17-31(18-23-34)41-39(45)35(43-38(44)28-13-9-6-10-14-28)26-29-25-33(47-2)21-24-36(29)48-3/h5-26,37H,4H2,1-3H3,(H,41,45)(H,42,46)(H,43,44)/b35-26-. The summed E-state index contributed by atoms with van der Waals surface area (Å²) < 4.78 is 16.4. The van der Waals surface area contributed by atoms with Gasteiger partial charge in [0.15, 0.2) is 0 Å². The van der Waals surface area contributed by atoms with E-state index in [0.29, 0.717) is 40.6 Å². The van der Waals surface area contributed by atoms with Crippen molar-refractivity contribution >= 4 is 46.9 Å². The van der Waals surface area contributed by atoms with Crippen LogP contribution in [0.5, 0.6) is 17.2 Å². The van der Waals surface area contributed by atoms with Crippen LogP contribution in [0.25, 0.3) is 6.08 Å². The summed E-state index contributed by atoms with van der Waals surface area (Å²) in [6.45, 7) is 2.47. The van der Waals surface area contributed by atoms with Gasteiger partial charge in [0, 0.05) is 27.4 Å². The van der Waals surface area contributed by atoms with Crippen molar-refractivity contribution in [3.63, 3.8) is 0 Å². The predicted octanol–water partition coefficient (Wildman–Crippen LogP) is 7.98. The van der Waals surface area contributed by atoms with Crippen molar-refractivity contribution < 1.29 is 28.6 Å². The van der Waals surface area contributed by atoms with E-state index in [1.165, 1.54) is 24.9 Å². The molecule has 0 fully saturated rings. The third-order valence-electron chi connectivity index (χ3n) is 7.40. The van der Waals surface area contributed by atoms with Crippen LogP contribution in [0, 0.1) is 0 Å². The van der Waals surface area contributed by atoms with Crippen molar-refractivity contribution in [3.8, 4) is 17.2 Å². The first-order chi connectivity index (χ1) is 24.4. The van der Waals surface area contributed by atoms with Gasteiger partial charge >= 0.3 is 0 Å². The average Bonchev–Trinajstić information content (AvgIpc) is 3.15. The summed E-state index contributed by atoms with van der Waals surface area (Å²) in [6.07, 6.45) is 1.54. The zero-order valence-electron chi connectivity index (χ0n) is 27.8. The van der Waals surface area contributed by atoms with Crippen LogP contribution < -0.4 is 30.2 Å². The van der Waals surface area contributed by atoms with E-state index in [1.54, 1.807) is 67.8 Å². The molecule has 5 rings (SSSR count). The monoisotopic (exact) mass is 687 g/mol. The molecule has 0 aliphatic heterocycles. The fourth-order valence-corrected chi connectivity index (χ4v) is 5.94. The molecule has 9 nitrogen and oxygen atoms in total. The smallest absolute Gasteiger partial charge is 0.272 e. The summed E-state index contributed by atoms with van der Waals surface area (Å²) in [6, 6.07) is 37.7. The minimum absolute atomic E-state index is 0.000963. The third kappa shape index (κ3) is 9.55. The largest absolute Gasteiger partial charge is 0.497 e. The van der Waals surface area contributed by atoms with Gasteiger partial charge in [0.1, 0.15) is 28.2 Å². The fraction of sp³-hybridized carbons (Fsp3) is 0.125. The molecule has 50 heavy (non-hydrogen) atoms. The molecule has 0 aromatic heterocycles. The Labute approximate surface area is 295 Å². The maximum Gasteiger partial charge on any atom is 0.272 e. The normalized spacial score (nSPS) is 11.5. The van der Waals surface area contributed by atoms with E-state index in [1.807, 2.05) is 73.7 Å². The van der Waals surface area contributed by atoms with Gasteiger partial charge in [0.2, 0.25) is 5.91 Å². The number of carbonyl (C=O) groups excluding carboxylic acids is 3. The van der Waals surface area contributed by atoms with Crippen LogP contribution >= 0.6 is 11.8 Å². The third-order valence-corrected chi connectivity index (χ3v) is 8.67. The van der Waals surface area contributed by atoms with Gasteiger partial charge in [-0.2, -0.15) is 0 Å². The van der Waals surface area contributed by atoms with Crippen LogP contribution in [-0.2, 0) is 9.59 Å². The molecule has 3 N–H and O–H groups in total. The Kier molecular flexibility index (Phi) is 12.3. The number of anilines is 2. The van der Waals surface area contributed by atoms with E-state index < -0.39 is 17.1 Å². The van der Waals surface area contributed by atoms with Crippen molar-refractivity contribution in [2.45, 2.75) is 17.1 Å². The van der Waals surface area contributed by atoms with Gasteiger partial charge in [0.05, 0.1) is 20.8 Å². The summed E-state index contributed by atoms with van der Waals surface area (Å²) >= 11 is 1.39. The highest BCUT2D eigenvalue weighted by Crippen LogP contribution is 2.37. The van der Waals surface area contributed by atoms with Gasteiger partial charge in [-0.1, -0.05) is 48.5 Å². The van der Waals surface area contributed by atoms with Crippen LogP contribution in [0.1, 0.15) is 33.7 Å². The molecule has 0 saturated carbocycles. The Hall–Kier alpha value is -6.00. The lowest BCUT2D eigenvalue weighted by Crippen LogP contribution is -2.30. The van der Waals surface area contributed by atoms with Crippen LogP contribution in [0.2, 0.25) is 0 Å². The first kappa shape index (κ1) is 35.3. The maximum absolute atomic E-state index is 13.7. The molecule has 5 aromatic rings. The van der Waals surface area contributed by atoms with Crippen molar-refractivity contribution in [2.75, 3.05) is 31.5 Å². The minimum atomic E-state index is -0.552. The molecule has 254 valence electrons. The number of benzene rings is 5. The van der Waals surface area contributed by atoms with Gasteiger partial charge in [-0.15, -0.1) is 11.8 Å². The quantitative estimate of drug-likeness (QED) is 0.0801. The molecule has 3 amide bonds. The van der Waals surface area contributed by atoms with E-state index in [2.05, 4.69) is 16.0 Å². The molecular weight excluding hydrogens is 651 g/mol. The highest BCUT2D eigenvalue weighted by molar-refractivity contribution is 8.00. The first-order valence-corrected chi connectivity index (χ1v) is 16.7. The van der Waals surface area contributed by atoms with Crippen molar-refractivity contribution in [3.05, 3.63) is 150 Å². The van der Waals surface area contributed by atoms with Gasteiger partial charge in [-0.3, -0.25) is 14.4 Å². The Balaban J connectivity index is 1.35. The summed E-state index contributed by atoms with van der Waals surface area (Å²) in [7, 11) is 3.06. The SMILES string of the molecule is CCOc1ccc(NC(=O)C(Sc2ccc(NC(=O)/C(=C/c3cc(OC)ccc3OC)NC(=O)c3ccccc3)cc2)c2ccccc2)cc1. The lowest BCUT2D eigenvalue weighted by atomic mass is 10.1. The predicted molar refractivity (Wildman–Crippen MR) is 198 cm³/mol. The van der Waals surface area contributed by atoms with E-state index in [4.69, 9.17) is 14.2 Å². The zero-order chi connectivity index (χ0) is 35.3. The van der Waals surface area contributed by atoms with E-state index in [0.717, 1.165) is 16.2 Å². The Morgan fingerprint density at radius 1 is 0.720 bits per heavy atom. The topological polar surface area (TPSA) is 115 Å². The number of thioether (sulfide) groups is 1. The van der Waals surface area contributed by atoms with Gasteiger partial charge in [0.25, 0.3) is 11.8 Å². The lowest BCUT2D eigenvalue weighted by Gasteiger charge is -2.18. The van der Waals surface area contributed by atoms with Crippen LogP contribution in [0.4, 0.5) is 11.4 Å². The Morgan fingerprint density at radius 3 is 1.98 bits per heavy atom. The number of rotatable bonds is 14. The molecule has 1 atom stereocenters. The number of methoxy groups -OCH3 is 2. The zero-order valence-corrected chi connectivity index (χ0v) is 28.7. The second-order valence-electron chi connectivity index (χ2n) is 10.8. The molecule has 0 saturated heterocycles. The first-order valence-electron chi connectivity index (χ1n) is 15.8. The number of nitrogens with one attached hydrogen (secondary N) is 3. The van der Waals surface area contributed by atoms with Crippen LogP contribution in [0.15, 0.2) is 138 Å². The van der Waals surface area contributed by atoms with Crippen molar-refractivity contribution in [1.29, 1.82) is 0 Å². The molecular formula is C40H37N3O6S. The highest BCUT2D eigenvalue weighted by Gasteiger charge is 2.23. The van der Waals surface area contributed by atoms with Crippen molar-refractivity contribution in [2.24, 2.45) is 0 Å². The second kappa shape index (κ2) is 17.4. The molecule has 0 aliphatic rings. The molecule has 0 bridgehead atoms. The fourth-order valence-electron chi connectivity index (χ4n) is 4.91. The molecule has 1 unspecified atom stereocenters. The van der Waals surface area contributed by atoms with E-state index in [-0.39, 0.29) is 11.6 Å². The van der Waals surface area contributed by atoms with Gasteiger partial charge in [-0.25, -0.2) is 0 Å². The summed E-state index contributed by atoms with van der Waals surface area (Å²) in [5, 5.41) is 8.08.